The summed E-state index contributed by atoms with van der Waals surface area (Å²) < 4.78 is 1.69. The summed E-state index contributed by atoms with van der Waals surface area (Å²) in [6.45, 7) is 1.89. The largest absolute Gasteiger partial charge is 0.348 e. The first kappa shape index (κ1) is 10.1. The van der Waals surface area contributed by atoms with E-state index in [1.54, 1.807) is 10.9 Å². The molecule has 4 nitrogen and oxygen atoms in total. The Labute approximate surface area is 81.9 Å². The van der Waals surface area contributed by atoms with Crippen molar-refractivity contribution in [3.05, 3.63) is 18.0 Å². The SMILES string of the molecule is C[C@@H](NC(=O)CCl)c1cnn(C)c1. The normalized spacial score (nSPS) is 12.5. The molecule has 0 fully saturated rings. The van der Waals surface area contributed by atoms with Crippen LogP contribution in [-0.4, -0.2) is 21.6 Å². The number of halogens is 1. The van der Waals surface area contributed by atoms with Gasteiger partial charge in [-0.1, -0.05) is 0 Å². The molecule has 1 heterocycles. The molecule has 5 heteroatoms. The molecule has 0 aromatic carbocycles. The molecule has 1 aromatic rings. The maximum absolute atomic E-state index is 10.9. The Morgan fingerprint density at radius 3 is 3.00 bits per heavy atom. The quantitative estimate of drug-likeness (QED) is 0.737. The average Bonchev–Trinajstić information content (AvgIpc) is 2.51. The highest BCUT2D eigenvalue weighted by molar-refractivity contribution is 6.27. The van der Waals surface area contributed by atoms with Gasteiger partial charge in [-0.15, -0.1) is 11.6 Å². The number of rotatable bonds is 3. The van der Waals surface area contributed by atoms with Crippen molar-refractivity contribution in [2.24, 2.45) is 7.05 Å². The van der Waals surface area contributed by atoms with Gasteiger partial charge in [0.2, 0.25) is 5.91 Å². The summed E-state index contributed by atoms with van der Waals surface area (Å²) in [6.07, 6.45) is 3.58. The molecule has 0 aliphatic carbocycles. The third-order valence-corrected chi connectivity index (χ3v) is 1.97. The summed E-state index contributed by atoms with van der Waals surface area (Å²) in [5, 5.41) is 6.74. The van der Waals surface area contributed by atoms with Crippen molar-refractivity contribution in [2.75, 3.05) is 5.88 Å². The Morgan fingerprint density at radius 2 is 2.54 bits per heavy atom. The zero-order chi connectivity index (χ0) is 9.84. The van der Waals surface area contributed by atoms with E-state index in [1.165, 1.54) is 0 Å². The van der Waals surface area contributed by atoms with Gasteiger partial charge in [0.25, 0.3) is 0 Å². The molecule has 1 aromatic heterocycles. The summed E-state index contributed by atoms with van der Waals surface area (Å²) in [7, 11) is 1.83. The van der Waals surface area contributed by atoms with Crippen molar-refractivity contribution < 1.29 is 4.79 Å². The molecule has 1 N–H and O–H groups in total. The third-order valence-electron chi connectivity index (χ3n) is 1.72. The predicted molar refractivity (Wildman–Crippen MR) is 50.5 cm³/mol. The maximum atomic E-state index is 10.9. The Morgan fingerprint density at radius 1 is 1.85 bits per heavy atom. The van der Waals surface area contributed by atoms with Gasteiger partial charge in [0, 0.05) is 18.8 Å². The minimum absolute atomic E-state index is 0.00932. The Bertz CT molecular complexity index is 297. The lowest BCUT2D eigenvalue weighted by Gasteiger charge is -2.09. The van der Waals surface area contributed by atoms with Crippen LogP contribution in [0.5, 0.6) is 0 Å². The van der Waals surface area contributed by atoms with Crippen LogP contribution >= 0.6 is 11.6 Å². The molecule has 0 aliphatic heterocycles. The molecule has 0 spiro atoms. The van der Waals surface area contributed by atoms with Crippen molar-refractivity contribution in [3.63, 3.8) is 0 Å². The number of carbonyl (C=O) groups excluding carboxylic acids is 1. The minimum Gasteiger partial charge on any atom is -0.348 e. The fourth-order valence-corrected chi connectivity index (χ4v) is 1.10. The smallest absolute Gasteiger partial charge is 0.235 e. The Kier molecular flexibility index (Phi) is 3.31. The van der Waals surface area contributed by atoms with Gasteiger partial charge >= 0.3 is 0 Å². The lowest BCUT2D eigenvalue weighted by atomic mass is 10.2. The number of nitrogens with zero attached hydrogens (tertiary/aromatic N) is 2. The van der Waals surface area contributed by atoms with Crippen LogP contribution < -0.4 is 5.32 Å². The molecule has 13 heavy (non-hydrogen) atoms. The molecule has 0 unspecified atom stereocenters. The molecule has 1 rings (SSSR count). The maximum Gasteiger partial charge on any atom is 0.235 e. The molecular formula is C8H12ClN3O. The summed E-state index contributed by atoms with van der Waals surface area (Å²) in [6, 6.07) is -0.0417. The predicted octanol–water partition coefficient (Wildman–Crippen LogP) is 0.836. The van der Waals surface area contributed by atoms with Gasteiger partial charge in [-0.3, -0.25) is 9.48 Å². The van der Waals surface area contributed by atoms with E-state index in [1.807, 2.05) is 20.2 Å². The number of nitrogens with one attached hydrogen (secondary N) is 1. The number of amides is 1. The van der Waals surface area contributed by atoms with Gasteiger partial charge in [-0.25, -0.2) is 0 Å². The molecular weight excluding hydrogens is 190 g/mol. The van der Waals surface area contributed by atoms with E-state index in [0.717, 1.165) is 5.56 Å². The molecule has 0 radical (unpaired) electrons. The van der Waals surface area contributed by atoms with Crippen LogP contribution in [0.15, 0.2) is 12.4 Å². The zero-order valence-electron chi connectivity index (χ0n) is 7.62. The van der Waals surface area contributed by atoms with E-state index in [9.17, 15) is 4.79 Å². The zero-order valence-corrected chi connectivity index (χ0v) is 8.38. The lowest BCUT2D eigenvalue weighted by molar-refractivity contribution is -0.119. The molecule has 0 saturated heterocycles. The number of aromatic nitrogens is 2. The second-order valence-electron chi connectivity index (χ2n) is 2.87. The van der Waals surface area contributed by atoms with Gasteiger partial charge < -0.3 is 5.32 Å². The van der Waals surface area contributed by atoms with Crippen molar-refractivity contribution in [1.82, 2.24) is 15.1 Å². The fraction of sp³-hybridized carbons (Fsp3) is 0.500. The fourth-order valence-electron chi connectivity index (χ4n) is 1.03. The van der Waals surface area contributed by atoms with E-state index < -0.39 is 0 Å². The van der Waals surface area contributed by atoms with Crippen LogP contribution in [0.3, 0.4) is 0 Å². The molecule has 72 valence electrons. The minimum atomic E-state index is -0.169. The van der Waals surface area contributed by atoms with Crippen molar-refractivity contribution >= 4 is 17.5 Å². The van der Waals surface area contributed by atoms with Crippen LogP contribution in [0.4, 0.5) is 0 Å². The number of hydrogen-bond donors (Lipinski definition) is 1. The average molecular weight is 202 g/mol. The van der Waals surface area contributed by atoms with Crippen LogP contribution in [-0.2, 0) is 11.8 Å². The second kappa shape index (κ2) is 4.28. The third kappa shape index (κ3) is 2.73. The molecule has 0 aliphatic rings. The highest BCUT2D eigenvalue weighted by Crippen LogP contribution is 2.09. The summed E-state index contributed by atoms with van der Waals surface area (Å²) in [5.74, 6) is -0.178. The number of alkyl halides is 1. The molecule has 1 amide bonds. The van der Waals surface area contributed by atoms with Crippen molar-refractivity contribution in [1.29, 1.82) is 0 Å². The summed E-state index contributed by atoms with van der Waals surface area (Å²) in [4.78, 5) is 10.9. The Hall–Kier alpha value is -1.03. The van der Waals surface area contributed by atoms with Crippen LogP contribution in [0.25, 0.3) is 0 Å². The monoisotopic (exact) mass is 201 g/mol. The number of carbonyl (C=O) groups is 1. The molecule has 0 bridgehead atoms. The van der Waals surface area contributed by atoms with E-state index in [0.29, 0.717) is 0 Å². The first-order valence-electron chi connectivity index (χ1n) is 3.97. The van der Waals surface area contributed by atoms with E-state index in [2.05, 4.69) is 10.4 Å². The topological polar surface area (TPSA) is 46.9 Å². The van der Waals surface area contributed by atoms with Gasteiger partial charge in [-0.05, 0) is 6.92 Å². The lowest BCUT2D eigenvalue weighted by Crippen LogP contribution is -2.27. The number of aryl methyl sites for hydroxylation is 1. The molecule has 1 atom stereocenters. The first-order chi connectivity index (χ1) is 6.13. The second-order valence-corrected chi connectivity index (χ2v) is 3.14. The van der Waals surface area contributed by atoms with Gasteiger partial charge in [0.05, 0.1) is 12.2 Å². The standard InChI is InChI=1S/C8H12ClN3O/c1-6(11-8(13)3-9)7-4-10-12(2)5-7/h4-6H,3H2,1-2H3,(H,11,13)/t6-/m1/s1. The first-order valence-corrected chi connectivity index (χ1v) is 4.51. The highest BCUT2D eigenvalue weighted by Gasteiger charge is 2.09. The summed E-state index contributed by atoms with van der Waals surface area (Å²) in [5.41, 5.74) is 0.973. The number of hydrogen-bond acceptors (Lipinski definition) is 2. The van der Waals surface area contributed by atoms with Crippen molar-refractivity contribution in [2.45, 2.75) is 13.0 Å². The van der Waals surface area contributed by atoms with Crippen molar-refractivity contribution in [3.8, 4) is 0 Å². The van der Waals surface area contributed by atoms with E-state index in [4.69, 9.17) is 11.6 Å². The summed E-state index contributed by atoms with van der Waals surface area (Å²) >= 11 is 5.36. The van der Waals surface area contributed by atoms with Crippen LogP contribution in [0.2, 0.25) is 0 Å². The van der Waals surface area contributed by atoms with E-state index >= 15 is 0 Å². The van der Waals surface area contributed by atoms with Gasteiger partial charge in [-0.2, -0.15) is 5.10 Å². The van der Waals surface area contributed by atoms with Crippen LogP contribution in [0, 0.1) is 0 Å². The molecule has 0 saturated carbocycles. The highest BCUT2D eigenvalue weighted by atomic mass is 35.5. The van der Waals surface area contributed by atoms with Gasteiger partial charge in [0.15, 0.2) is 0 Å². The van der Waals surface area contributed by atoms with Gasteiger partial charge in [0.1, 0.15) is 5.88 Å². The van der Waals surface area contributed by atoms with Crippen LogP contribution in [0.1, 0.15) is 18.5 Å². The van der Waals surface area contributed by atoms with E-state index in [-0.39, 0.29) is 17.8 Å². The Balaban J connectivity index is 2.58.